The average molecular weight is 241 g/mol. The van der Waals surface area contributed by atoms with Gasteiger partial charge in [-0.3, -0.25) is 0 Å². The molecule has 1 rings (SSSR count). The largest absolute Gasteiger partial charge is 0.490 e. The van der Waals surface area contributed by atoms with Crippen LogP contribution in [0.2, 0.25) is 0 Å². The second-order valence-electron chi connectivity index (χ2n) is 3.28. The Balaban J connectivity index is 2.86. The molecule has 0 bridgehead atoms. The number of benzene rings is 1. The van der Waals surface area contributed by atoms with Crippen molar-refractivity contribution in [2.75, 3.05) is 19.2 Å². The van der Waals surface area contributed by atoms with Crippen molar-refractivity contribution in [3.8, 4) is 17.6 Å². The van der Waals surface area contributed by atoms with E-state index in [1.54, 1.807) is 0 Å². The lowest BCUT2D eigenvalue weighted by Gasteiger charge is -2.06. The van der Waals surface area contributed by atoms with Crippen LogP contribution in [0.25, 0.3) is 0 Å². The molecule has 0 aromatic heterocycles. The van der Waals surface area contributed by atoms with Crippen LogP contribution < -0.4 is 4.74 Å². The van der Waals surface area contributed by atoms with E-state index >= 15 is 0 Å². The number of ether oxygens (including phenoxy) is 1. The van der Waals surface area contributed by atoms with Crippen LogP contribution in [0.3, 0.4) is 0 Å². The molecule has 1 nitrogen and oxygen atoms in total. The Bertz CT molecular complexity index is 393. The fourth-order valence-corrected chi connectivity index (χ4v) is 1.32. The SMILES string of the molecule is Cc1ccc(OCCF)c(C#CCCCl)c1. The molecule has 3 heteroatoms. The highest BCUT2D eigenvalue weighted by molar-refractivity contribution is 6.18. The van der Waals surface area contributed by atoms with Crippen molar-refractivity contribution in [3.05, 3.63) is 29.3 Å². The normalized spacial score (nSPS) is 9.44. The van der Waals surface area contributed by atoms with E-state index in [4.69, 9.17) is 16.3 Å². The molecule has 1 aromatic rings. The predicted octanol–water partition coefficient (Wildman–Crippen LogP) is 3.32. The van der Waals surface area contributed by atoms with Crippen molar-refractivity contribution in [1.82, 2.24) is 0 Å². The minimum Gasteiger partial charge on any atom is -0.490 e. The highest BCUT2D eigenvalue weighted by Gasteiger charge is 2.01. The average Bonchev–Trinajstić information content (AvgIpc) is 2.28. The summed E-state index contributed by atoms with van der Waals surface area (Å²) < 4.78 is 17.3. The first kappa shape index (κ1) is 12.9. The molecule has 0 saturated carbocycles. The smallest absolute Gasteiger partial charge is 0.135 e. The molecule has 0 saturated heterocycles. The zero-order valence-electron chi connectivity index (χ0n) is 9.22. The molecule has 0 atom stereocenters. The molecule has 0 fully saturated rings. The van der Waals surface area contributed by atoms with Gasteiger partial charge in [-0.2, -0.15) is 0 Å². The van der Waals surface area contributed by atoms with Crippen LogP contribution in [0, 0.1) is 18.8 Å². The van der Waals surface area contributed by atoms with Gasteiger partial charge in [0.2, 0.25) is 0 Å². The summed E-state index contributed by atoms with van der Waals surface area (Å²) in [4.78, 5) is 0. The minimum atomic E-state index is -0.498. The molecule has 0 spiro atoms. The third-order valence-corrected chi connectivity index (χ3v) is 2.10. The maximum absolute atomic E-state index is 12.0. The molecule has 0 aliphatic rings. The molecule has 0 radical (unpaired) electrons. The molecule has 0 amide bonds. The first-order valence-corrected chi connectivity index (χ1v) is 5.65. The first-order chi connectivity index (χ1) is 7.77. The topological polar surface area (TPSA) is 9.23 Å². The van der Waals surface area contributed by atoms with E-state index in [0.29, 0.717) is 18.1 Å². The maximum atomic E-state index is 12.0. The van der Waals surface area contributed by atoms with Crippen molar-refractivity contribution in [2.45, 2.75) is 13.3 Å². The Morgan fingerprint density at radius 3 is 2.94 bits per heavy atom. The molecule has 0 aliphatic heterocycles. The lowest BCUT2D eigenvalue weighted by Crippen LogP contribution is -2.00. The molecule has 16 heavy (non-hydrogen) atoms. The molecule has 0 unspecified atom stereocenters. The van der Waals surface area contributed by atoms with E-state index in [1.165, 1.54) is 0 Å². The fourth-order valence-electron chi connectivity index (χ4n) is 1.22. The summed E-state index contributed by atoms with van der Waals surface area (Å²) in [6, 6.07) is 5.66. The van der Waals surface area contributed by atoms with Gasteiger partial charge in [0, 0.05) is 12.3 Å². The molecular weight excluding hydrogens is 227 g/mol. The van der Waals surface area contributed by atoms with Crippen LogP contribution in [0.15, 0.2) is 18.2 Å². The van der Waals surface area contributed by atoms with Crippen LogP contribution >= 0.6 is 11.6 Å². The zero-order chi connectivity index (χ0) is 11.8. The Kier molecular flexibility index (Phi) is 5.74. The van der Waals surface area contributed by atoms with E-state index in [1.807, 2.05) is 25.1 Å². The fraction of sp³-hybridized carbons (Fsp3) is 0.385. The molecule has 0 aliphatic carbocycles. The summed E-state index contributed by atoms with van der Waals surface area (Å²) in [7, 11) is 0. The summed E-state index contributed by atoms with van der Waals surface area (Å²) in [5, 5.41) is 0. The molecule has 0 N–H and O–H groups in total. The zero-order valence-corrected chi connectivity index (χ0v) is 9.98. The van der Waals surface area contributed by atoms with E-state index in [9.17, 15) is 4.39 Å². The second kappa shape index (κ2) is 7.14. The van der Waals surface area contributed by atoms with Gasteiger partial charge >= 0.3 is 0 Å². The van der Waals surface area contributed by atoms with Gasteiger partial charge in [0.25, 0.3) is 0 Å². The molecule has 0 heterocycles. The van der Waals surface area contributed by atoms with Gasteiger partial charge < -0.3 is 4.74 Å². The van der Waals surface area contributed by atoms with Gasteiger partial charge in [0.05, 0.1) is 5.56 Å². The highest BCUT2D eigenvalue weighted by atomic mass is 35.5. The standard InChI is InChI=1S/C13H14ClFO/c1-11-5-6-13(16-9-8-15)12(10-11)4-2-3-7-14/h5-6,10H,3,7-9H2,1H3. The van der Waals surface area contributed by atoms with Gasteiger partial charge in [-0.1, -0.05) is 17.9 Å². The Morgan fingerprint density at radius 1 is 1.44 bits per heavy atom. The van der Waals surface area contributed by atoms with E-state index in [2.05, 4.69) is 11.8 Å². The number of rotatable bonds is 4. The minimum absolute atomic E-state index is 0.0627. The van der Waals surface area contributed by atoms with Crippen molar-refractivity contribution in [2.24, 2.45) is 0 Å². The van der Waals surface area contributed by atoms with Crippen LogP contribution in [0.4, 0.5) is 4.39 Å². The van der Waals surface area contributed by atoms with E-state index in [0.717, 1.165) is 11.1 Å². The summed E-state index contributed by atoms with van der Waals surface area (Å²) in [5.41, 5.74) is 1.89. The monoisotopic (exact) mass is 240 g/mol. The van der Waals surface area contributed by atoms with Gasteiger partial charge in [-0.25, -0.2) is 4.39 Å². The quantitative estimate of drug-likeness (QED) is 0.580. The Labute approximate surface area is 101 Å². The van der Waals surface area contributed by atoms with Crippen LogP contribution in [0.1, 0.15) is 17.5 Å². The number of halogens is 2. The van der Waals surface area contributed by atoms with Gasteiger partial charge in [0.1, 0.15) is 19.0 Å². The lowest BCUT2D eigenvalue weighted by molar-refractivity contribution is 0.272. The Morgan fingerprint density at radius 2 is 2.25 bits per heavy atom. The molecule has 1 aromatic carbocycles. The summed E-state index contributed by atoms with van der Waals surface area (Å²) >= 11 is 5.54. The van der Waals surface area contributed by atoms with Gasteiger partial charge in [-0.15, -0.1) is 11.6 Å². The first-order valence-electron chi connectivity index (χ1n) is 5.12. The van der Waals surface area contributed by atoms with Crippen LogP contribution in [-0.2, 0) is 0 Å². The maximum Gasteiger partial charge on any atom is 0.135 e. The summed E-state index contributed by atoms with van der Waals surface area (Å²) in [6.45, 7) is 1.54. The number of alkyl halides is 2. The van der Waals surface area contributed by atoms with Crippen LogP contribution in [-0.4, -0.2) is 19.2 Å². The number of aryl methyl sites for hydroxylation is 1. The predicted molar refractivity (Wildman–Crippen MR) is 64.9 cm³/mol. The van der Waals surface area contributed by atoms with E-state index < -0.39 is 6.67 Å². The third-order valence-electron chi connectivity index (χ3n) is 1.91. The highest BCUT2D eigenvalue weighted by Crippen LogP contribution is 2.19. The van der Waals surface area contributed by atoms with Gasteiger partial charge in [-0.05, 0) is 24.6 Å². The lowest BCUT2D eigenvalue weighted by atomic mass is 10.1. The van der Waals surface area contributed by atoms with Crippen molar-refractivity contribution in [1.29, 1.82) is 0 Å². The number of hydrogen-bond donors (Lipinski definition) is 0. The molecular formula is C13H14ClFO. The van der Waals surface area contributed by atoms with Crippen LogP contribution in [0.5, 0.6) is 5.75 Å². The van der Waals surface area contributed by atoms with Crippen molar-refractivity contribution < 1.29 is 9.13 Å². The van der Waals surface area contributed by atoms with Gasteiger partial charge in [0.15, 0.2) is 0 Å². The molecule has 86 valence electrons. The summed E-state index contributed by atoms with van der Waals surface area (Å²) in [5.74, 6) is 7.07. The Hall–Kier alpha value is -1.20. The third kappa shape index (κ3) is 4.12. The van der Waals surface area contributed by atoms with Crippen molar-refractivity contribution in [3.63, 3.8) is 0 Å². The summed E-state index contributed by atoms with van der Waals surface area (Å²) in [6.07, 6.45) is 0.637. The van der Waals surface area contributed by atoms with E-state index in [-0.39, 0.29) is 6.61 Å². The van der Waals surface area contributed by atoms with Crippen molar-refractivity contribution >= 4 is 11.6 Å². The second-order valence-corrected chi connectivity index (χ2v) is 3.66. The number of hydrogen-bond acceptors (Lipinski definition) is 1.